The van der Waals surface area contributed by atoms with Gasteiger partial charge in [-0.05, 0) is 42.3 Å². The van der Waals surface area contributed by atoms with Crippen LogP contribution in [0.1, 0.15) is 23.2 Å². The lowest BCUT2D eigenvalue weighted by molar-refractivity contribution is -0.124. The zero-order valence-electron chi connectivity index (χ0n) is 13.8. The summed E-state index contributed by atoms with van der Waals surface area (Å²) in [4.78, 5) is 27.7. The molecular weight excluding hydrogens is 322 g/mol. The van der Waals surface area contributed by atoms with E-state index in [2.05, 4.69) is 10.3 Å². The number of pyridine rings is 1. The molecule has 3 N–H and O–H groups in total. The van der Waals surface area contributed by atoms with Crippen LogP contribution in [-0.4, -0.2) is 36.6 Å². The van der Waals surface area contributed by atoms with Gasteiger partial charge in [0, 0.05) is 17.5 Å². The van der Waals surface area contributed by atoms with Gasteiger partial charge in [-0.25, -0.2) is 4.98 Å². The Morgan fingerprint density at radius 3 is 2.88 bits per heavy atom. The predicted octanol–water partition coefficient (Wildman–Crippen LogP) is 1.25. The molecule has 1 saturated heterocycles. The number of nitrogens with two attached hydrogens (primary N) is 1. The molecule has 2 aromatic rings. The third-order valence-corrected chi connectivity index (χ3v) is 5.22. The van der Waals surface area contributed by atoms with Gasteiger partial charge in [-0.3, -0.25) is 9.59 Å². The number of hydrogen-bond acceptors (Lipinski definition) is 5. The van der Waals surface area contributed by atoms with E-state index < -0.39 is 5.91 Å². The Kier molecular flexibility index (Phi) is 3.71. The average molecular weight is 341 g/mol. The van der Waals surface area contributed by atoms with Crippen LogP contribution >= 0.6 is 0 Å². The number of nitrogens with zero attached hydrogens (tertiary/aromatic N) is 1. The second kappa shape index (κ2) is 5.91. The zero-order valence-corrected chi connectivity index (χ0v) is 13.8. The van der Waals surface area contributed by atoms with E-state index in [9.17, 15) is 9.59 Å². The number of ether oxygens (including phenoxy) is 2. The monoisotopic (exact) mass is 341 g/mol. The van der Waals surface area contributed by atoms with Crippen molar-refractivity contribution >= 4 is 22.6 Å². The lowest BCUT2D eigenvalue weighted by Gasteiger charge is -2.30. The van der Waals surface area contributed by atoms with Crippen LogP contribution in [0.3, 0.4) is 0 Å². The first-order chi connectivity index (χ1) is 12.1. The van der Waals surface area contributed by atoms with E-state index in [1.807, 2.05) is 0 Å². The first kappa shape index (κ1) is 15.7. The fourth-order valence-corrected chi connectivity index (χ4v) is 3.71. The second-order valence-electron chi connectivity index (χ2n) is 6.53. The quantitative estimate of drug-likeness (QED) is 0.852. The first-order valence-electron chi connectivity index (χ1n) is 8.28. The molecule has 1 aromatic heterocycles. The Balaban J connectivity index is 1.61. The summed E-state index contributed by atoms with van der Waals surface area (Å²) >= 11 is 0. The normalized spacial score (nSPS) is 24.4. The largest absolute Gasteiger partial charge is 0.496 e. The molecule has 7 heteroatoms. The van der Waals surface area contributed by atoms with Crippen molar-refractivity contribution < 1.29 is 19.1 Å². The fraction of sp³-hybridized carbons (Fsp3) is 0.389. The van der Waals surface area contributed by atoms with Gasteiger partial charge in [0.15, 0.2) is 0 Å². The number of aromatic nitrogens is 1. The maximum atomic E-state index is 11.8. The zero-order chi connectivity index (χ0) is 17.6. The molecule has 0 radical (unpaired) electrons. The van der Waals surface area contributed by atoms with Crippen molar-refractivity contribution in [3.63, 3.8) is 0 Å². The highest BCUT2D eigenvalue weighted by molar-refractivity contribution is 6.01. The molecule has 1 aromatic carbocycles. The highest BCUT2D eigenvalue weighted by atomic mass is 16.5. The molecule has 0 spiro atoms. The molecule has 7 nitrogen and oxygen atoms in total. The number of methoxy groups -OCH3 is 1. The summed E-state index contributed by atoms with van der Waals surface area (Å²) in [6.45, 7) is 0.374. The van der Waals surface area contributed by atoms with Gasteiger partial charge in [-0.1, -0.05) is 0 Å². The highest BCUT2D eigenvalue weighted by Crippen LogP contribution is 2.41. The number of fused-ring (bicyclic) bond motifs is 2. The summed E-state index contributed by atoms with van der Waals surface area (Å²) in [6, 6.07) is 5.18. The summed E-state index contributed by atoms with van der Waals surface area (Å²) < 4.78 is 11.2. The van der Waals surface area contributed by atoms with Crippen LogP contribution in [0.15, 0.2) is 24.4 Å². The van der Waals surface area contributed by atoms with E-state index in [4.69, 9.17) is 15.2 Å². The van der Waals surface area contributed by atoms with Gasteiger partial charge in [0.1, 0.15) is 12.4 Å². The van der Waals surface area contributed by atoms with Crippen LogP contribution in [0.4, 0.5) is 0 Å². The summed E-state index contributed by atoms with van der Waals surface area (Å²) in [7, 11) is 1.48. The molecule has 3 atom stereocenters. The molecular formula is C18H19N3O4. The Morgan fingerprint density at radius 1 is 1.40 bits per heavy atom. The third-order valence-electron chi connectivity index (χ3n) is 5.22. The molecule has 0 bridgehead atoms. The molecule has 4 rings (SSSR count). The maximum Gasteiger partial charge on any atom is 0.252 e. The van der Waals surface area contributed by atoms with Crippen LogP contribution in [0.25, 0.3) is 10.8 Å². The van der Waals surface area contributed by atoms with Crippen molar-refractivity contribution in [2.45, 2.75) is 18.9 Å². The van der Waals surface area contributed by atoms with Crippen LogP contribution in [0, 0.1) is 11.8 Å². The topological polar surface area (TPSA) is 104 Å². The van der Waals surface area contributed by atoms with Gasteiger partial charge < -0.3 is 20.5 Å². The summed E-state index contributed by atoms with van der Waals surface area (Å²) in [5, 5.41) is 4.53. The maximum absolute atomic E-state index is 11.8. The number of amides is 2. The van der Waals surface area contributed by atoms with Crippen LogP contribution in [0.2, 0.25) is 0 Å². The standard InChI is InChI=1S/C18H19N3O4/c1-24-15-7-12-9(6-13(15)16(19)22)4-5-20-18(12)25-8-14-10-2-3-11(10)17(23)21-14/h4-7,10-11,14H,2-3,8H2,1H3,(H2,19,22)(H,21,23)/t10?,11?,14-/m1/s1. The van der Waals surface area contributed by atoms with Crippen LogP contribution in [-0.2, 0) is 4.79 Å². The molecule has 25 heavy (non-hydrogen) atoms. The Bertz CT molecular complexity index is 867. The number of carbonyl (C=O) groups excluding carboxylic acids is 2. The van der Waals surface area contributed by atoms with Crippen molar-refractivity contribution in [2.24, 2.45) is 17.6 Å². The number of rotatable bonds is 5. The van der Waals surface area contributed by atoms with Gasteiger partial charge in [0.25, 0.3) is 5.91 Å². The van der Waals surface area contributed by atoms with Crippen molar-refractivity contribution in [2.75, 3.05) is 13.7 Å². The summed E-state index contributed by atoms with van der Waals surface area (Å²) in [5.74, 6) is 0.909. The van der Waals surface area contributed by atoms with E-state index in [0.717, 1.165) is 23.6 Å². The van der Waals surface area contributed by atoms with E-state index in [-0.39, 0.29) is 17.9 Å². The fourth-order valence-electron chi connectivity index (χ4n) is 3.71. The predicted molar refractivity (Wildman–Crippen MR) is 90.5 cm³/mol. The molecule has 2 unspecified atom stereocenters. The number of benzene rings is 1. The van der Waals surface area contributed by atoms with Gasteiger partial charge in [-0.2, -0.15) is 0 Å². The van der Waals surface area contributed by atoms with Crippen molar-refractivity contribution in [1.29, 1.82) is 0 Å². The number of nitrogens with one attached hydrogen (secondary N) is 1. The smallest absolute Gasteiger partial charge is 0.252 e. The lowest BCUT2D eigenvalue weighted by atomic mass is 9.73. The molecule has 1 aliphatic heterocycles. The van der Waals surface area contributed by atoms with Crippen molar-refractivity contribution in [3.8, 4) is 11.6 Å². The molecule has 1 saturated carbocycles. The summed E-state index contributed by atoms with van der Waals surface area (Å²) in [5.41, 5.74) is 5.71. The molecule has 2 fully saturated rings. The Labute approximate surface area is 144 Å². The second-order valence-corrected chi connectivity index (χ2v) is 6.53. The number of primary amides is 1. The van der Waals surface area contributed by atoms with Gasteiger partial charge in [0.2, 0.25) is 11.8 Å². The van der Waals surface area contributed by atoms with E-state index in [0.29, 0.717) is 29.7 Å². The van der Waals surface area contributed by atoms with Gasteiger partial charge in [0.05, 0.1) is 18.7 Å². The van der Waals surface area contributed by atoms with Crippen LogP contribution in [0.5, 0.6) is 11.6 Å². The molecule has 2 amide bonds. The third kappa shape index (κ3) is 2.56. The van der Waals surface area contributed by atoms with Crippen molar-refractivity contribution in [1.82, 2.24) is 10.3 Å². The summed E-state index contributed by atoms with van der Waals surface area (Å²) in [6.07, 6.45) is 3.64. The number of hydrogen-bond donors (Lipinski definition) is 2. The van der Waals surface area contributed by atoms with Crippen LogP contribution < -0.4 is 20.5 Å². The number of carbonyl (C=O) groups is 2. The molecule has 2 heterocycles. The average Bonchev–Trinajstić information content (AvgIpc) is 2.78. The minimum atomic E-state index is -0.553. The van der Waals surface area contributed by atoms with Gasteiger partial charge in [-0.15, -0.1) is 0 Å². The van der Waals surface area contributed by atoms with E-state index >= 15 is 0 Å². The highest BCUT2D eigenvalue weighted by Gasteiger charge is 2.48. The lowest BCUT2D eigenvalue weighted by Crippen LogP contribution is -2.36. The first-order valence-corrected chi connectivity index (χ1v) is 8.28. The minimum Gasteiger partial charge on any atom is -0.496 e. The van der Waals surface area contributed by atoms with E-state index in [1.54, 1.807) is 24.4 Å². The molecule has 2 aliphatic rings. The van der Waals surface area contributed by atoms with E-state index in [1.165, 1.54) is 7.11 Å². The molecule has 1 aliphatic carbocycles. The SMILES string of the molecule is COc1cc2c(OC[C@H]3NC(=O)C4CCC43)nccc2cc1C(N)=O. The minimum absolute atomic E-state index is 0.0232. The van der Waals surface area contributed by atoms with Crippen molar-refractivity contribution in [3.05, 3.63) is 30.0 Å². The Hall–Kier alpha value is -2.83. The van der Waals surface area contributed by atoms with Gasteiger partial charge >= 0.3 is 0 Å². The Morgan fingerprint density at radius 2 is 2.24 bits per heavy atom. The molecule has 130 valence electrons.